The van der Waals surface area contributed by atoms with Gasteiger partial charge in [-0.1, -0.05) is 25.7 Å². The molecule has 0 amide bonds. The summed E-state index contributed by atoms with van der Waals surface area (Å²) in [6.07, 6.45) is 2.59. The van der Waals surface area contributed by atoms with E-state index in [0.717, 1.165) is 41.3 Å². The van der Waals surface area contributed by atoms with E-state index in [1.807, 2.05) is 0 Å². The predicted octanol–water partition coefficient (Wildman–Crippen LogP) is 0.636. The number of esters is 4. The van der Waals surface area contributed by atoms with E-state index in [1.54, 1.807) is 0 Å². The number of ether oxygens (including phenoxy) is 4. The molecule has 0 N–H and O–H groups in total. The van der Waals surface area contributed by atoms with Gasteiger partial charge in [-0.05, 0) is 12.8 Å². The number of carbonyl (C=O) groups is 6. The van der Waals surface area contributed by atoms with Crippen LogP contribution in [-0.4, -0.2) is 63.9 Å². The van der Waals surface area contributed by atoms with Gasteiger partial charge in [0.2, 0.25) is 0 Å². The van der Waals surface area contributed by atoms with Gasteiger partial charge in [-0.3, -0.25) is 28.8 Å². The van der Waals surface area contributed by atoms with Crippen molar-refractivity contribution in [1.82, 2.24) is 0 Å². The number of methoxy groups -OCH3 is 4. The van der Waals surface area contributed by atoms with Gasteiger partial charge >= 0.3 is 23.9 Å². The standard InChI is InChI=1S/C22H28O10/c1-29-17(25)11-15(23)12(18(26)30-2)22-10-8-6-5-7-9-21(11,22)13(19(27)31-3)16(24)14(22)20(28)32-4/h11-14H,5-10H2,1-4H3/t11-,12-,13-,14+,21?,22?/m1/s1. The van der Waals surface area contributed by atoms with Crippen molar-refractivity contribution in [2.24, 2.45) is 34.5 Å². The molecule has 32 heavy (non-hydrogen) atoms. The molecule has 3 rings (SSSR count). The average Bonchev–Trinajstić information content (AvgIpc) is 3.09. The first kappa shape index (κ1) is 23.9. The molecule has 3 aliphatic carbocycles. The lowest BCUT2D eigenvalue weighted by molar-refractivity contribution is -0.171. The van der Waals surface area contributed by atoms with Gasteiger partial charge in [0.25, 0.3) is 0 Å². The number of hydrogen-bond acceptors (Lipinski definition) is 10. The van der Waals surface area contributed by atoms with Crippen molar-refractivity contribution < 1.29 is 47.7 Å². The molecule has 0 aromatic rings. The fourth-order valence-corrected chi connectivity index (χ4v) is 6.77. The Hall–Kier alpha value is -2.78. The largest absolute Gasteiger partial charge is 0.468 e. The number of Topliss-reactive ketones (excluding diaryl/α,β-unsaturated/α-hetero) is 2. The number of ketones is 2. The minimum Gasteiger partial charge on any atom is -0.468 e. The summed E-state index contributed by atoms with van der Waals surface area (Å²) in [5, 5.41) is 0. The van der Waals surface area contributed by atoms with Crippen molar-refractivity contribution in [2.75, 3.05) is 28.4 Å². The van der Waals surface area contributed by atoms with E-state index >= 15 is 0 Å². The Morgan fingerprint density at radius 3 is 1.03 bits per heavy atom. The van der Waals surface area contributed by atoms with E-state index in [1.165, 1.54) is 0 Å². The van der Waals surface area contributed by atoms with Crippen molar-refractivity contribution in [1.29, 1.82) is 0 Å². The molecular formula is C22H28O10. The first-order valence-electron chi connectivity index (χ1n) is 10.6. The van der Waals surface area contributed by atoms with Crippen LogP contribution < -0.4 is 0 Å². The second kappa shape index (κ2) is 8.63. The Kier molecular flexibility index (Phi) is 6.44. The van der Waals surface area contributed by atoms with Gasteiger partial charge in [0.1, 0.15) is 23.7 Å². The first-order valence-corrected chi connectivity index (χ1v) is 10.6. The van der Waals surface area contributed by atoms with Crippen LogP contribution in [0.15, 0.2) is 0 Å². The highest BCUT2D eigenvalue weighted by Gasteiger charge is 2.85. The fraction of sp³-hybridized carbons (Fsp3) is 0.727. The predicted molar refractivity (Wildman–Crippen MR) is 105 cm³/mol. The maximum Gasteiger partial charge on any atom is 0.316 e. The molecule has 0 bridgehead atoms. The maximum atomic E-state index is 13.7. The Bertz CT molecular complexity index is 737. The third-order valence-electron chi connectivity index (χ3n) is 7.74. The topological polar surface area (TPSA) is 139 Å². The molecular weight excluding hydrogens is 424 g/mol. The fourth-order valence-electron chi connectivity index (χ4n) is 6.77. The Morgan fingerprint density at radius 1 is 0.562 bits per heavy atom. The van der Waals surface area contributed by atoms with Crippen molar-refractivity contribution >= 4 is 35.4 Å². The zero-order chi connectivity index (χ0) is 23.8. The van der Waals surface area contributed by atoms with Crippen LogP contribution in [0.3, 0.4) is 0 Å². The van der Waals surface area contributed by atoms with E-state index in [-0.39, 0.29) is 12.8 Å². The third-order valence-corrected chi connectivity index (χ3v) is 7.74. The second-order valence-corrected chi connectivity index (χ2v) is 8.62. The van der Waals surface area contributed by atoms with E-state index in [4.69, 9.17) is 18.9 Å². The van der Waals surface area contributed by atoms with Gasteiger partial charge in [-0.15, -0.1) is 0 Å². The SMILES string of the molecule is COC(=O)[C@@H]1C(=O)[C@H](C(=O)OC)C23CCCCCCC12[C@@H](C(=O)OC)C(=O)[C@@H]3C(=O)OC. The molecule has 0 radical (unpaired) electrons. The monoisotopic (exact) mass is 452 g/mol. The van der Waals surface area contributed by atoms with Crippen molar-refractivity contribution in [3.63, 3.8) is 0 Å². The van der Waals surface area contributed by atoms with Crippen molar-refractivity contribution in [2.45, 2.75) is 38.5 Å². The molecule has 0 aromatic heterocycles. The molecule has 0 aliphatic heterocycles. The van der Waals surface area contributed by atoms with E-state index < -0.39 is 69.9 Å². The summed E-state index contributed by atoms with van der Waals surface area (Å²) in [4.78, 5) is 79.4. The van der Waals surface area contributed by atoms with Crippen LogP contribution in [0, 0.1) is 34.5 Å². The van der Waals surface area contributed by atoms with Gasteiger partial charge < -0.3 is 18.9 Å². The summed E-state index contributed by atoms with van der Waals surface area (Å²) in [6.45, 7) is 0. The molecule has 3 saturated carbocycles. The van der Waals surface area contributed by atoms with Crippen LogP contribution in [0.25, 0.3) is 0 Å². The van der Waals surface area contributed by atoms with Gasteiger partial charge in [-0.25, -0.2) is 0 Å². The van der Waals surface area contributed by atoms with Crippen molar-refractivity contribution in [3.05, 3.63) is 0 Å². The summed E-state index contributed by atoms with van der Waals surface area (Å²) in [6, 6.07) is 0. The highest BCUT2D eigenvalue weighted by molar-refractivity contribution is 6.20. The third kappa shape index (κ3) is 2.84. The minimum atomic E-state index is -1.67. The second-order valence-electron chi connectivity index (χ2n) is 8.62. The van der Waals surface area contributed by atoms with Crippen LogP contribution in [-0.2, 0) is 47.7 Å². The normalized spacial score (nSPS) is 36.2. The maximum absolute atomic E-state index is 13.7. The van der Waals surface area contributed by atoms with Crippen LogP contribution in [0.2, 0.25) is 0 Å². The number of carbonyl (C=O) groups excluding carboxylic acids is 6. The lowest BCUT2D eigenvalue weighted by Gasteiger charge is -2.48. The molecule has 0 saturated heterocycles. The molecule has 0 aromatic carbocycles. The Balaban J connectivity index is 2.48. The molecule has 3 aliphatic rings. The van der Waals surface area contributed by atoms with Crippen LogP contribution in [0.5, 0.6) is 0 Å². The smallest absolute Gasteiger partial charge is 0.316 e. The molecule has 176 valence electrons. The average molecular weight is 452 g/mol. The summed E-state index contributed by atoms with van der Waals surface area (Å²) in [5.41, 5.74) is -3.33. The molecule has 0 spiro atoms. The van der Waals surface area contributed by atoms with Crippen molar-refractivity contribution in [3.8, 4) is 0 Å². The molecule has 10 nitrogen and oxygen atoms in total. The molecule has 10 heteroatoms. The summed E-state index contributed by atoms with van der Waals surface area (Å²) >= 11 is 0. The Labute approximate surface area is 185 Å². The van der Waals surface area contributed by atoms with E-state index in [0.29, 0.717) is 12.8 Å². The quantitative estimate of drug-likeness (QED) is 0.339. The highest BCUT2D eigenvalue weighted by Crippen LogP contribution is 2.74. The van der Waals surface area contributed by atoms with Crippen LogP contribution >= 0.6 is 0 Å². The first-order chi connectivity index (χ1) is 15.2. The van der Waals surface area contributed by atoms with Gasteiger partial charge in [0, 0.05) is 10.8 Å². The van der Waals surface area contributed by atoms with E-state index in [2.05, 4.69) is 0 Å². The molecule has 6 atom stereocenters. The minimum absolute atomic E-state index is 0.0883. The van der Waals surface area contributed by atoms with Gasteiger partial charge in [-0.2, -0.15) is 0 Å². The Morgan fingerprint density at radius 2 is 0.812 bits per heavy atom. The number of rotatable bonds is 4. The van der Waals surface area contributed by atoms with E-state index in [9.17, 15) is 28.8 Å². The van der Waals surface area contributed by atoms with Crippen LogP contribution in [0.1, 0.15) is 38.5 Å². The lowest BCUT2D eigenvalue weighted by Crippen LogP contribution is -2.52. The summed E-state index contributed by atoms with van der Waals surface area (Å²) < 4.78 is 19.7. The number of hydrogen-bond donors (Lipinski definition) is 0. The lowest BCUT2D eigenvalue weighted by atomic mass is 9.52. The zero-order valence-corrected chi connectivity index (χ0v) is 18.6. The van der Waals surface area contributed by atoms with Gasteiger partial charge in [0.05, 0.1) is 28.4 Å². The van der Waals surface area contributed by atoms with Crippen LogP contribution in [0.4, 0.5) is 0 Å². The zero-order valence-electron chi connectivity index (χ0n) is 18.6. The van der Waals surface area contributed by atoms with Gasteiger partial charge in [0.15, 0.2) is 11.6 Å². The summed E-state index contributed by atoms with van der Waals surface area (Å²) in [7, 11) is 4.35. The molecule has 2 unspecified atom stereocenters. The highest BCUT2D eigenvalue weighted by atomic mass is 16.5. The molecule has 0 heterocycles. The summed E-state index contributed by atoms with van der Waals surface area (Å²) in [5.74, 6) is -11.8. The molecule has 3 fully saturated rings.